The number of aliphatic hydroxyl groups is 1. The lowest BCUT2D eigenvalue weighted by molar-refractivity contribution is 0.152. The van der Waals surface area contributed by atoms with Crippen LogP contribution >= 0.6 is 0 Å². The van der Waals surface area contributed by atoms with Gasteiger partial charge in [0, 0.05) is 0 Å². The van der Waals surface area contributed by atoms with Crippen molar-refractivity contribution < 1.29 is 9.84 Å². The summed E-state index contributed by atoms with van der Waals surface area (Å²) in [6.45, 7) is 0. The highest BCUT2D eigenvalue weighted by Crippen LogP contribution is 2.32. The minimum Gasteiger partial charge on any atom is -0.497 e. The molecule has 1 fully saturated rings. The third kappa shape index (κ3) is 2.76. The van der Waals surface area contributed by atoms with Gasteiger partial charge in [0.15, 0.2) is 0 Å². The van der Waals surface area contributed by atoms with Crippen LogP contribution in [0.25, 0.3) is 0 Å². The Bertz CT molecular complexity index is 318. The van der Waals surface area contributed by atoms with Crippen LogP contribution in [0.4, 0.5) is 0 Å². The summed E-state index contributed by atoms with van der Waals surface area (Å²) >= 11 is 0. The molecule has 0 spiro atoms. The van der Waals surface area contributed by atoms with Gasteiger partial charge in [0.2, 0.25) is 0 Å². The number of rotatable bonds is 2. The van der Waals surface area contributed by atoms with E-state index in [-0.39, 0.29) is 6.10 Å². The van der Waals surface area contributed by atoms with Crippen molar-refractivity contribution in [1.29, 1.82) is 0 Å². The summed E-state index contributed by atoms with van der Waals surface area (Å²) in [6.07, 6.45) is 5.35. The van der Waals surface area contributed by atoms with Gasteiger partial charge >= 0.3 is 0 Å². The zero-order valence-electron chi connectivity index (χ0n) is 9.86. The Labute approximate surface area is 97.3 Å². The van der Waals surface area contributed by atoms with Crippen LogP contribution in [0.15, 0.2) is 24.3 Å². The highest BCUT2D eigenvalue weighted by atomic mass is 16.5. The fourth-order valence-corrected chi connectivity index (χ4v) is 2.51. The summed E-state index contributed by atoms with van der Waals surface area (Å²) in [4.78, 5) is 0. The van der Waals surface area contributed by atoms with Crippen LogP contribution in [0.1, 0.15) is 43.6 Å². The number of hydrogen-bond acceptors (Lipinski definition) is 2. The number of aliphatic hydroxyl groups excluding tert-OH is 1. The molecule has 2 nitrogen and oxygen atoms in total. The van der Waals surface area contributed by atoms with E-state index < -0.39 is 0 Å². The minimum atomic E-state index is -0.116. The lowest BCUT2D eigenvalue weighted by atomic mass is 9.91. The Morgan fingerprint density at radius 1 is 1.12 bits per heavy atom. The molecular weight excluding hydrogens is 200 g/mol. The third-order valence-electron chi connectivity index (χ3n) is 3.48. The Kier molecular flexibility index (Phi) is 3.83. The molecule has 0 heterocycles. The van der Waals surface area contributed by atoms with Gasteiger partial charge in [-0.3, -0.25) is 0 Å². The zero-order chi connectivity index (χ0) is 11.4. The molecule has 0 saturated heterocycles. The van der Waals surface area contributed by atoms with Gasteiger partial charge in [-0.25, -0.2) is 0 Å². The number of ether oxygens (including phenoxy) is 1. The van der Waals surface area contributed by atoms with Crippen molar-refractivity contribution in [3.05, 3.63) is 29.8 Å². The summed E-state index contributed by atoms with van der Waals surface area (Å²) < 4.78 is 5.15. The topological polar surface area (TPSA) is 29.5 Å². The van der Waals surface area contributed by atoms with Crippen molar-refractivity contribution in [2.24, 2.45) is 0 Å². The average Bonchev–Trinajstić information content (AvgIpc) is 2.54. The van der Waals surface area contributed by atoms with Gasteiger partial charge in [-0.1, -0.05) is 25.0 Å². The van der Waals surface area contributed by atoms with E-state index in [4.69, 9.17) is 4.74 Å². The molecule has 2 atom stereocenters. The predicted octanol–water partition coefficient (Wildman–Crippen LogP) is 3.10. The Hall–Kier alpha value is -1.02. The van der Waals surface area contributed by atoms with Crippen molar-refractivity contribution in [3.8, 4) is 5.75 Å². The van der Waals surface area contributed by atoms with Gasteiger partial charge in [0.25, 0.3) is 0 Å². The first-order valence-electron chi connectivity index (χ1n) is 6.11. The highest BCUT2D eigenvalue weighted by Gasteiger charge is 2.19. The van der Waals surface area contributed by atoms with Crippen LogP contribution in [0.5, 0.6) is 5.75 Å². The largest absolute Gasteiger partial charge is 0.497 e. The van der Waals surface area contributed by atoms with Crippen molar-refractivity contribution in [2.45, 2.75) is 44.1 Å². The molecule has 1 aliphatic carbocycles. The first kappa shape index (κ1) is 11.5. The second kappa shape index (κ2) is 5.35. The molecule has 16 heavy (non-hydrogen) atoms. The van der Waals surface area contributed by atoms with Gasteiger partial charge < -0.3 is 9.84 Å². The van der Waals surface area contributed by atoms with Gasteiger partial charge in [0.1, 0.15) is 5.75 Å². The van der Waals surface area contributed by atoms with Crippen molar-refractivity contribution in [2.75, 3.05) is 7.11 Å². The van der Waals surface area contributed by atoms with E-state index in [1.165, 1.54) is 18.4 Å². The quantitative estimate of drug-likeness (QED) is 0.776. The fourth-order valence-electron chi connectivity index (χ4n) is 2.51. The average molecular weight is 220 g/mol. The van der Waals surface area contributed by atoms with E-state index in [0.717, 1.165) is 25.0 Å². The fraction of sp³-hybridized carbons (Fsp3) is 0.571. The Balaban J connectivity index is 2.09. The SMILES string of the molecule is COc1ccc([C@@H]2CCCC[C@H](O)C2)cc1. The van der Waals surface area contributed by atoms with E-state index in [1.807, 2.05) is 12.1 Å². The Morgan fingerprint density at radius 2 is 1.81 bits per heavy atom. The molecule has 0 bridgehead atoms. The number of methoxy groups -OCH3 is 1. The maximum Gasteiger partial charge on any atom is 0.118 e. The molecule has 1 aromatic carbocycles. The second-order valence-electron chi connectivity index (χ2n) is 4.64. The van der Waals surface area contributed by atoms with Crippen LogP contribution in [-0.2, 0) is 0 Å². The van der Waals surface area contributed by atoms with Crippen molar-refractivity contribution in [3.63, 3.8) is 0 Å². The summed E-state index contributed by atoms with van der Waals surface area (Å²) in [7, 11) is 1.68. The molecule has 88 valence electrons. The number of hydrogen-bond donors (Lipinski definition) is 1. The normalized spacial score (nSPS) is 26.1. The molecule has 1 N–H and O–H groups in total. The van der Waals surface area contributed by atoms with Crippen LogP contribution < -0.4 is 4.74 Å². The Morgan fingerprint density at radius 3 is 2.50 bits per heavy atom. The lowest BCUT2D eigenvalue weighted by Crippen LogP contribution is -2.09. The van der Waals surface area contributed by atoms with Crippen LogP contribution in [-0.4, -0.2) is 18.3 Å². The van der Waals surface area contributed by atoms with Gasteiger partial charge in [-0.05, 0) is 42.9 Å². The van der Waals surface area contributed by atoms with E-state index in [2.05, 4.69) is 12.1 Å². The summed E-state index contributed by atoms with van der Waals surface area (Å²) in [5, 5.41) is 9.80. The van der Waals surface area contributed by atoms with E-state index in [1.54, 1.807) is 7.11 Å². The van der Waals surface area contributed by atoms with Gasteiger partial charge in [-0.15, -0.1) is 0 Å². The molecule has 0 amide bonds. The summed E-state index contributed by atoms with van der Waals surface area (Å²) in [5.41, 5.74) is 1.33. The maximum absolute atomic E-state index is 9.80. The molecule has 2 rings (SSSR count). The summed E-state index contributed by atoms with van der Waals surface area (Å²) in [5.74, 6) is 1.42. The molecule has 1 aliphatic rings. The molecule has 0 radical (unpaired) electrons. The molecule has 0 aromatic heterocycles. The van der Waals surface area contributed by atoms with Gasteiger partial charge in [-0.2, -0.15) is 0 Å². The maximum atomic E-state index is 9.80. The van der Waals surface area contributed by atoms with Crippen molar-refractivity contribution in [1.82, 2.24) is 0 Å². The molecule has 1 saturated carbocycles. The first-order chi connectivity index (χ1) is 7.79. The first-order valence-corrected chi connectivity index (χ1v) is 6.11. The molecule has 0 aliphatic heterocycles. The monoisotopic (exact) mass is 220 g/mol. The van der Waals surface area contributed by atoms with Crippen LogP contribution in [0, 0.1) is 0 Å². The van der Waals surface area contributed by atoms with Crippen LogP contribution in [0.3, 0.4) is 0 Å². The highest BCUT2D eigenvalue weighted by molar-refractivity contribution is 5.29. The summed E-state index contributed by atoms with van der Waals surface area (Å²) in [6, 6.07) is 8.27. The lowest BCUT2D eigenvalue weighted by Gasteiger charge is -2.17. The van der Waals surface area contributed by atoms with E-state index >= 15 is 0 Å². The second-order valence-corrected chi connectivity index (χ2v) is 4.64. The van der Waals surface area contributed by atoms with E-state index in [9.17, 15) is 5.11 Å². The number of benzene rings is 1. The van der Waals surface area contributed by atoms with E-state index in [0.29, 0.717) is 5.92 Å². The predicted molar refractivity (Wildman–Crippen MR) is 64.8 cm³/mol. The minimum absolute atomic E-state index is 0.116. The molecular formula is C14H20O2. The van der Waals surface area contributed by atoms with Gasteiger partial charge in [0.05, 0.1) is 13.2 Å². The standard InChI is InChI=1S/C14H20O2/c1-16-14-8-6-11(7-9-14)12-4-2-3-5-13(15)10-12/h6-9,12-13,15H,2-5,10H2,1H3/t12-,13+/m1/s1. The molecule has 0 unspecified atom stereocenters. The third-order valence-corrected chi connectivity index (χ3v) is 3.48. The smallest absolute Gasteiger partial charge is 0.118 e. The molecule has 1 aromatic rings. The molecule has 2 heteroatoms. The van der Waals surface area contributed by atoms with Crippen molar-refractivity contribution >= 4 is 0 Å². The zero-order valence-corrected chi connectivity index (χ0v) is 9.86. The van der Waals surface area contributed by atoms with Crippen LogP contribution in [0.2, 0.25) is 0 Å².